The second-order valence-electron chi connectivity index (χ2n) is 4.99. The van der Waals surface area contributed by atoms with E-state index in [4.69, 9.17) is 14.2 Å². The number of fused-ring (bicyclic) bond motifs is 1. The van der Waals surface area contributed by atoms with Gasteiger partial charge in [-0.3, -0.25) is 4.79 Å². The first-order valence-electron chi connectivity index (χ1n) is 6.83. The molecule has 0 fully saturated rings. The van der Waals surface area contributed by atoms with Gasteiger partial charge in [0.2, 0.25) is 0 Å². The maximum atomic E-state index is 12.5. The number of ether oxygens (including phenoxy) is 3. The Bertz CT molecular complexity index is 709. The number of Topliss-reactive ketones (excluding diaryl/α,β-unsaturated/α-hetero) is 1. The minimum absolute atomic E-state index is 0.00803. The van der Waals surface area contributed by atoms with Gasteiger partial charge in [0.15, 0.2) is 5.78 Å². The highest BCUT2D eigenvalue weighted by atomic mass is 79.9. The highest BCUT2D eigenvalue weighted by Gasteiger charge is 2.31. The number of ketones is 1. The van der Waals surface area contributed by atoms with Crippen LogP contribution in [0.25, 0.3) is 0 Å². The van der Waals surface area contributed by atoms with Crippen LogP contribution in [-0.4, -0.2) is 20.0 Å². The fraction of sp³-hybridized carbons (Fsp3) is 0.235. The number of rotatable bonds is 3. The molecule has 2 aromatic rings. The Kier molecular flexibility index (Phi) is 4.07. The third-order valence-electron chi connectivity index (χ3n) is 3.66. The lowest BCUT2D eigenvalue weighted by Gasteiger charge is -2.27. The summed E-state index contributed by atoms with van der Waals surface area (Å²) in [5.74, 6) is 1.59. The van der Waals surface area contributed by atoms with Crippen LogP contribution in [0.2, 0.25) is 0 Å². The van der Waals surface area contributed by atoms with Crippen LogP contribution >= 0.6 is 15.9 Å². The first-order valence-corrected chi connectivity index (χ1v) is 7.63. The van der Waals surface area contributed by atoms with Gasteiger partial charge in [0.05, 0.1) is 20.6 Å². The second kappa shape index (κ2) is 6.01. The fourth-order valence-electron chi connectivity index (χ4n) is 2.54. The maximum absolute atomic E-state index is 12.5. The molecular weight excluding hydrogens is 348 g/mol. The lowest BCUT2D eigenvalue weighted by molar-refractivity contribution is 0.0844. The Morgan fingerprint density at radius 3 is 2.50 bits per heavy atom. The van der Waals surface area contributed by atoms with Crippen LogP contribution < -0.4 is 14.2 Å². The van der Waals surface area contributed by atoms with Crippen LogP contribution in [0, 0.1) is 0 Å². The fourth-order valence-corrected chi connectivity index (χ4v) is 2.81. The zero-order valence-corrected chi connectivity index (χ0v) is 13.8. The molecule has 2 aromatic carbocycles. The van der Waals surface area contributed by atoms with Crippen LogP contribution in [0.1, 0.15) is 28.4 Å². The summed E-state index contributed by atoms with van der Waals surface area (Å²) in [5.41, 5.74) is 1.45. The lowest BCUT2D eigenvalue weighted by atomic mass is 9.95. The molecule has 0 bridgehead atoms. The van der Waals surface area contributed by atoms with Gasteiger partial charge in [-0.15, -0.1) is 0 Å². The van der Waals surface area contributed by atoms with E-state index >= 15 is 0 Å². The van der Waals surface area contributed by atoms with E-state index in [0.717, 1.165) is 10.0 Å². The van der Waals surface area contributed by atoms with E-state index in [1.807, 2.05) is 24.3 Å². The van der Waals surface area contributed by atoms with Gasteiger partial charge in [0.25, 0.3) is 0 Å². The standard InChI is InChI=1S/C17H15BrO4/c1-20-12-7-15(21-2)17-13(19)9-14(22-16(17)8-12)10-3-5-11(18)6-4-10/h3-8,14H,9H2,1-2H3. The monoisotopic (exact) mass is 362 g/mol. The molecule has 0 N–H and O–H groups in total. The summed E-state index contributed by atoms with van der Waals surface area (Å²) >= 11 is 3.40. The predicted octanol–water partition coefficient (Wildman–Crippen LogP) is 4.17. The molecule has 22 heavy (non-hydrogen) atoms. The summed E-state index contributed by atoms with van der Waals surface area (Å²) in [6.45, 7) is 0. The third kappa shape index (κ3) is 2.68. The molecule has 0 saturated heterocycles. The van der Waals surface area contributed by atoms with Crippen molar-refractivity contribution in [3.8, 4) is 17.2 Å². The Morgan fingerprint density at radius 2 is 1.86 bits per heavy atom. The summed E-state index contributed by atoms with van der Waals surface area (Å²) in [6.07, 6.45) is -0.0120. The molecule has 3 rings (SSSR count). The van der Waals surface area contributed by atoms with Crippen LogP contribution in [0.4, 0.5) is 0 Å². The third-order valence-corrected chi connectivity index (χ3v) is 4.18. The molecule has 0 radical (unpaired) electrons. The largest absolute Gasteiger partial charge is 0.496 e. The highest BCUT2D eigenvalue weighted by molar-refractivity contribution is 9.10. The number of hydrogen-bond acceptors (Lipinski definition) is 4. The molecule has 0 amide bonds. The number of halogens is 1. The van der Waals surface area contributed by atoms with Crippen molar-refractivity contribution in [1.29, 1.82) is 0 Å². The van der Waals surface area contributed by atoms with E-state index in [-0.39, 0.29) is 18.3 Å². The Hall–Kier alpha value is -2.01. The van der Waals surface area contributed by atoms with Crippen LogP contribution in [0.5, 0.6) is 17.2 Å². The minimum Gasteiger partial charge on any atom is -0.496 e. The predicted molar refractivity (Wildman–Crippen MR) is 86.0 cm³/mol. The van der Waals surface area contributed by atoms with Gasteiger partial charge in [-0.1, -0.05) is 28.1 Å². The van der Waals surface area contributed by atoms with E-state index in [2.05, 4.69) is 15.9 Å². The van der Waals surface area contributed by atoms with Crippen molar-refractivity contribution in [3.63, 3.8) is 0 Å². The van der Waals surface area contributed by atoms with Gasteiger partial charge in [-0.2, -0.15) is 0 Å². The molecule has 1 aliphatic rings. The molecule has 1 aliphatic heterocycles. The molecule has 1 atom stereocenters. The molecule has 0 saturated carbocycles. The zero-order valence-electron chi connectivity index (χ0n) is 12.3. The molecule has 4 nitrogen and oxygen atoms in total. The molecule has 1 heterocycles. The number of benzene rings is 2. The summed E-state index contributed by atoms with van der Waals surface area (Å²) < 4.78 is 17.5. The summed E-state index contributed by atoms with van der Waals surface area (Å²) in [6, 6.07) is 11.2. The normalized spacial score (nSPS) is 16.7. The van der Waals surface area contributed by atoms with E-state index in [1.54, 1.807) is 19.2 Å². The van der Waals surface area contributed by atoms with Crippen molar-refractivity contribution in [3.05, 3.63) is 52.0 Å². The van der Waals surface area contributed by atoms with Crippen molar-refractivity contribution in [2.45, 2.75) is 12.5 Å². The number of hydrogen-bond donors (Lipinski definition) is 0. The average molecular weight is 363 g/mol. The first-order chi connectivity index (χ1) is 10.6. The van der Waals surface area contributed by atoms with Gasteiger partial charge in [0.1, 0.15) is 28.9 Å². The van der Waals surface area contributed by atoms with Crippen molar-refractivity contribution < 1.29 is 19.0 Å². The smallest absolute Gasteiger partial charge is 0.174 e. The molecule has 0 aliphatic carbocycles. The summed E-state index contributed by atoms with van der Waals surface area (Å²) in [4.78, 5) is 12.5. The van der Waals surface area contributed by atoms with E-state index < -0.39 is 0 Å². The van der Waals surface area contributed by atoms with E-state index in [1.165, 1.54) is 7.11 Å². The van der Waals surface area contributed by atoms with E-state index in [0.29, 0.717) is 22.8 Å². The van der Waals surface area contributed by atoms with Gasteiger partial charge < -0.3 is 14.2 Å². The van der Waals surface area contributed by atoms with Crippen LogP contribution in [0.15, 0.2) is 40.9 Å². The van der Waals surface area contributed by atoms with Gasteiger partial charge >= 0.3 is 0 Å². The van der Waals surface area contributed by atoms with Crippen molar-refractivity contribution in [1.82, 2.24) is 0 Å². The second-order valence-corrected chi connectivity index (χ2v) is 5.90. The molecule has 1 unspecified atom stereocenters. The molecule has 0 spiro atoms. The minimum atomic E-state index is -0.301. The summed E-state index contributed by atoms with van der Waals surface area (Å²) in [7, 11) is 3.10. The topological polar surface area (TPSA) is 44.8 Å². The molecule has 0 aromatic heterocycles. The SMILES string of the molecule is COc1cc(OC)c2c(c1)OC(c1ccc(Br)cc1)CC2=O. The first kappa shape index (κ1) is 14.9. The molecular formula is C17H15BrO4. The maximum Gasteiger partial charge on any atom is 0.174 e. The Morgan fingerprint density at radius 1 is 1.14 bits per heavy atom. The van der Waals surface area contributed by atoms with Crippen molar-refractivity contribution in [2.75, 3.05) is 14.2 Å². The van der Waals surface area contributed by atoms with Gasteiger partial charge in [0, 0.05) is 16.6 Å². The molecule has 114 valence electrons. The number of carbonyl (C=O) groups excluding carboxylic acids is 1. The van der Waals surface area contributed by atoms with Gasteiger partial charge in [-0.05, 0) is 17.7 Å². The average Bonchev–Trinajstić information content (AvgIpc) is 2.54. The lowest BCUT2D eigenvalue weighted by Crippen LogP contribution is -2.21. The zero-order chi connectivity index (χ0) is 15.7. The molecule has 5 heteroatoms. The quantitative estimate of drug-likeness (QED) is 0.821. The number of carbonyl (C=O) groups is 1. The Labute approximate surface area is 137 Å². The van der Waals surface area contributed by atoms with Gasteiger partial charge in [-0.25, -0.2) is 0 Å². The van der Waals surface area contributed by atoms with Crippen LogP contribution in [-0.2, 0) is 0 Å². The number of methoxy groups -OCH3 is 2. The van der Waals surface area contributed by atoms with Crippen molar-refractivity contribution >= 4 is 21.7 Å². The van der Waals surface area contributed by atoms with Crippen molar-refractivity contribution in [2.24, 2.45) is 0 Å². The summed E-state index contributed by atoms with van der Waals surface area (Å²) in [5, 5.41) is 0. The highest BCUT2D eigenvalue weighted by Crippen LogP contribution is 2.42. The van der Waals surface area contributed by atoms with E-state index in [9.17, 15) is 4.79 Å². The van der Waals surface area contributed by atoms with Crippen LogP contribution in [0.3, 0.4) is 0 Å². The Balaban J connectivity index is 2.01.